The quantitative estimate of drug-likeness (QED) is 0.830. The maximum absolute atomic E-state index is 12.7. The number of amides is 1. The minimum atomic E-state index is 0.0569. The van der Waals surface area contributed by atoms with Gasteiger partial charge in [0, 0.05) is 19.6 Å². The Kier molecular flexibility index (Phi) is 4.73. The summed E-state index contributed by atoms with van der Waals surface area (Å²) < 4.78 is 10.6. The molecule has 122 valence electrons. The maximum Gasteiger partial charge on any atom is 0.243 e. The van der Waals surface area contributed by atoms with Crippen LogP contribution in [0.2, 0.25) is 0 Å². The zero-order chi connectivity index (χ0) is 15.5. The molecule has 1 amide bonds. The van der Waals surface area contributed by atoms with Crippen molar-refractivity contribution in [2.45, 2.75) is 32.7 Å². The fourth-order valence-electron chi connectivity index (χ4n) is 3.24. The third-order valence-electron chi connectivity index (χ3n) is 4.57. The van der Waals surface area contributed by atoms with E-state index in [-0.39, 0.29) is 17.9 Å². The predicted molar refractivity (Wildman–Crippen MR) is 79.1 cm³/mol. The molecule has 2 saturated heterocycles. The fourth-order valence-corrected chi connectivity index (χ4v) is 3.24. The molecule has 0 spiro atoms. The Morgan fingerprint density at radius 2 is 2.09 bits per heavy atom. The molecule has 3 heterocycles. The first-order valence-electron chi connectivity index (χ1n) is 8.06. The highest BCUT2D eigenvalue weighted by molar-refractivity contribution is 5.79. The highest BCUT2D eigenvalue weighted by Gasteiger charge is 2.33. The molecular formula is C15H24N4O3. The van der Waals surface area contributed by atoms with Crippen LogP contribution in [0.4, 0.5) is 0 Å². The van der Waals surface area contributed by atoms with Crippen molar-refractivity contribution in [2.24, 2.45) is 5.92 Å². The van der Waals surface area contributed by atoms with Crippen molar-refractivity contribution in [3.05, 3.63) is 11.7 Å². The number of morpholine rings is 1. The molecule has 0 aliphatic carbocycles. The second kappa shape index (κ2) is 6.75. The largest absolute Gasteiger partial charge is 0.378 e. The van der Waals surface area contributed by atoms with Gasteiger partial charge in [0.25, 0.3) is 0 Å². The zero-order valence-corrected chi connectivity index (χ0v) is 13.3. The molecule has 7 nitrogen and oxygen atoms in total. The smallest absolute Gasteiger partial charge is 0.243 e. The first-order valence-corrected chi connectivity index (χ1v) is 8.06. The summed E-state index contributed by atoms with van der Waals surface area (Å²) in [6, 6.07) is 0.0569. The van der Waals surface area contributed by atoms with Crippen molar-refractivity contribution in [3.63, 3.8) is 0 Å². The molecule has 1 aromatic rings. The van der Waals surface area contributed by atoms with Gasteiger partial charge in [-0.05, 0) is 33.2 Å². The van der Waals surface area contributed by atoms with Crippen LogP contribution in [0.25, 0.3) is 0 Å². The minimum Gasteiger partial charge on any atom is -0.378 e. The van der Waals surface area contributed by atoms with E-state index < -0.39 is 0 Å². The number of hydrogen-bond donors (Lipinski definition) is 0. The van der Waals surface area contributed by atoms with Crippen molar-refractivity contribution in [2.75, 3.05) is 39.4 Å². The Hall–Kier alpha value is -1.47. The van der Waals surface area contributed by atoms with E-state index in [1.54, 1.807) is 0 Å². The first kappa shape index (κ1) is 15.4. The van der Waals surface area contributed by atoms with Gasteiger partial charge in [-0.25, -0.2) is 0 Å². The topological polar surface area (TPSA) is 71.7 Å². The predicted octanol–water partition coefficient (Wildman–Crippen LogP) is 1.01. The molecule has 1 aromatic heterocycles. The van der Waals surface area contributed by atoms with E-state index >= 15 is 0 Å². The van der Waals surface area contributed by atoms with Gasteiger partial charge in [0.2, 0.25) is 11.8 Å². The van der Waals surface area contributed by atoms with Crippen molar-refractivity contribution < 1.29 is 14.1 Å². The van der Waals surface area contributed by atoms with Gasteiger partial charge >= 0.3 is 0 Å². The Labute approximate surface area is 130 Å². The SMILES string of the molecule is Cc1noc([C@H](C)N2CCC[C@H](C(=O)N3CCOCC3)C2)n1. The van der Waals surface area contributed by atoms with E-state index in [1.165, 1.54) is 0 Å². The molecule has 2 aliphatic rings. The van der Waals surface area contributed by atoms with Crippen LogP contribution in [0.3, 0.4) is 0 Å². The number of carbonyl (C=O) groups excluding carboxylic acids is 1. The third kappa shape index (κ3) is 3.30. The van der Waals surface area contributed by atoms with Gasteiger partial charge < -0.3 is 14.2 Å². The highest BCUT2D eigenvalue weighted by Crippen LogP contribution is 2.27. The van der Waals surface area contributed by atoms with Crippen LogP contribution < -0.4 is 0 Å². The number of ether oxygens (including phenoxy) is 1. The number of carbonyl (C=O) groups is 1. The number of aryl methyl sites for hydroxylation is 1. The normalized spacial score (nSPS) is 25.2. The van der Waals surface area contributed by atoms with E-state index in [0.717, 1.165) is 25.9 Å². The Morgan fingerprint density at radius 3 is 2.77 bits per heavy atom. The average molecular weight is 308 g/mol. The molecule has 2 atom stereocenters. The monoisotopic (exact) mass is 308 g/mol. The number of piperidine rings is 1. The standard InChI is InChI=1S/C15H24N4O3/c1-11(14-16-12(2)17-22-14)19-5-3-4-13(10-19)15(20)18-6-8-21-9-7-18/h11,13H,3-10H2,1-2H3/t11-,13-/m0/s1. The van der Waals surface area contributed by atoms with E-state index in [2.05, 4.69) is 22.0 Å². The van der Waals surface area contributed by atoms with Gasteiger partial charge in [-0.3, -0.25) is 9.69 Å². The summed E-state index contributed by atoms with van der Waals surface area (Å²) in [4.78, 5) is 21.2. The van der Waals surface area contributed by atoms with Gasteiger partial charge in [-0.15, -0.1) is 0 Å². The number of nitrogens with zero attached hydrogens (tertiary/aromatic N) is 4. The number of likely N-dealkylation sites (tertiary alicyclic amines) is 1. The van der Waals surface area contributed by atoms with Crippen LogP contribution in [0, 0.1) is 12.8 Å². The molecule has 0 unspecified atom stereocenters. The summed E-state index contributed by atoms with van der Waals surface area (Å²) in [6.07, 6.45) is 1.99. The van der Waals surface area contributed by atoms with Crippen LogP contribution in [0.5, 0.6) is 0 Å². The third-order valence-corrected chi connectivity index (χ3v) is 4.57. The summed E-state index contributed by atoms with van der Waals surface area (Å²) in [6.45, 7) is 8.35. The van der Waals surface area contributed by atoms with Crippen LogP contribution >= 0.6 is 0 Å². The average Bonchev–Trinajstić information content (AvgIpc) is 3.01. The van der Waals surface area contributed by atoms with Crippen LogP contribution in [-0.2, 0) is 9.53 Å². The number of hydrogen-bond acceptors (Lipinski definition) is 6. The van der Waals surface area contributed by atoms with E-state index in [1.807, 2.05) is 11.8 Å². The van der Waals surface area contributed by atoms with E-state index in [0.29, 0.717) is 38.0 Å². The maximum atomic E-state index is 12.7. The van der Waals surface area contributed by atoms with Gasteiger partial charge in [-0.1, -0.05) is 5.16 Å². The number of aromatic nitrogens is 2. The lowest BCUT2D eigenvalue weighted by Gasteiger charge is -2.37. The summed E-state index contributed by atoms with van der Waals surface area (Å²) in [7, 11) is 0. The molecular weight excluding hydrogens is 284 g/mol. The van der Waals surface area contributed by atoms with Crippen molar-refractivity contribution in [3.8, 4) is 0 Å². The molecule has 22 heavy (non-hydrogen) atoms. The van der Waals surface area contributed by atoms with Crippen molar-refractivity contribution >= 4 is 5.91 Å². The Morgan fingerprint density at radius 1 is 1.32 bits per heavy atom. The minimum absolute atomic E-state index is 0.0569. The lowest BCUT2D eigenvalue weighted by Crippen LogP contribution is -2.48. The lowest BCUT2D eigenvalue weighted by atomic mass is 9.95. The summed E-state index contributed by atoms with van der Waals surface area (Å²) in [5.74, 6) is 1.62. The molecule has 0 N–H and O–H groups in total. The summed E-state index contributed by atoms with van der Waals surface area (Å²) in [5, 5.41) is 3.86. The lowest BCUT2D eigenvalue weighted by molar-refractivity contribution is -0.141. The van der Waals surface area contributed by atoms with Crippen molar-refractivity contribution in [1.29, 1.82) is 0 Å². The molecule has 2 fully saturated rings. The molecule has 2 aliphatic heterocycles. The fraction of sp³-hybridized carbons (Fsp3) is 0.800. The van der Waals surface area contributed by atoms with Gasteiger partial charge in [-0.2, -0.15) is 4.98 Å². The highest BCUT2D eigenvalue weighted by atomic mass is 16.5. The summed E-state index contributed by atoms with van der Waals surface area (Å²) in [5.41, 5.74) is 0. The molecule has 7 heteroatoms. The van der Waals surface area contributed by atoms with E-state index in [9.17, 15) is 4.79 Å². The van der Waals surface area contributed by atoms with Crippen LogP contribution in [-0.4, -0.2) is 65.2 Å². The molecule has 3 rings (SSSR count). The molecule has 0 bridgehead atoms. The Bertz CT molecular complexity index is 513. The van der Waals surface area contributed by atoms with Gasteiger partial charge in [0.15, 0.2) is 5.82 Å². The second-order valence-corrected chi connectivity index (χ2v) is 6.13. The number of rotatable bonds is 3. The van der Waals surface area contributed by atoms with Crippen molar-refractivity contribution in [1.82, 2.24) is 19.9 Å². The summed E-state index contributed by atoms with van der Waals surface area (Å²) >= 11 is 0. The Balaban J connectivity index is 1.62. The molecule has 0 aromatic carbocycles. The first-order chi connectivity index (χ1) is 10.6. The van der Waals surface area contributed by atoms with Crippen LogP contribution in [0.1, 0.15) is 37.5 Å². The van der Waals surface area contributed by atoms with Crippen LogP contribution in [0.15, 0.2) is 4.52 Å². The van der Waals surface area contributed by atoms with E-state index in [4.69, 9.17) is 9.26 Å². The van der Waals surface area contributed by atoms with Gasteiger partial charge in [0.05, 0.1) is 25.2 Å². The second-order valence-electron chi connectivity index (χ2n) is 6.13. The zero-order valence-electron chi connectivity index (χ0n) is 13.3. The molecule has 0 saturated carbocycles. The van der Waals surface area contributed by atoms with Gasteiger partial charge in [0.1, 0.15) is 0 Å². The molecule has 0 radical (unpaired) electrons.